The summed E-state index contributed by atoms with van der Waals surface area (Å²) in [6, 6.07) is 11.6. The van der Waals surface area contributed by atoms with E-state index in [0.717, 1.165) is 13.0 Å². The van der Waals surface area contributed by atoms with Crippen molar-refractivity contribution in [1.29, 1.82) is 0 Å². The third-order valence-electron chi connectivity index (χ3n) is 3.18. The summed E-state index contributed by atoms with van der Waals surface area (Å²) in [6.45, 7) is 1.15. The van der Waals surface area contributed by atoms with Gasteiger partial charge >= 0.3 is 17.9 Å². The zero-order chi connectivity index (χ0) is 18.0. The fourth-order valence-corrected chi connectivity index (χ4v) is 2.03. The summed E-state index contributed by atoms with van der Waals surface area (Å²) in [4.78, 5) is 15.0. The quantitative estimate of drug-likeness (QED) is 0.660. The molecule has 1 aromatic heterocycles. The molecular formula is C16H14F3NO4. The molecule has 0 amide bonds. The van der Waals surface area contributed by atoms with Gasteiger partial charge in [-0.3, -0.25) is 4.79 Å². The predicted molar refractivity (Wildman–Crippen MR) is 76.5 cm³/mol. The lowest BCUT2D eigenvalue weighted by Crippen LogP contribution is -2.43. The Hall–Kier alpha value is -2.45. The molecule has 0 aliphatic carbocycles. The second-order valence-corrected chi connectivity index (χ2v) is 5.02. The van der Waals surface area contributed by atoms with E-state index in [9.17, 15) is 28.2 Å². The Kier molecular flexibility index (Phi) is 4.91. The standard InChI is InChI=1S/C16H14F3NO4/c1-10(21)24-14(11-6-3-2-4-7-11)12-8-5-9-13(20-12)15(22,23)16(17,18)19/h2-9,14,22-23H,1H3. The zero-order valence-electron chi connectivity index (χ0n) is 12.5. The number of carbonyl (C=O) groups is 1. The molecule has 1 aromatic carbocycles. The van der Waals surface area contributed by atoms with Crippen LogP contribution in [-0.4, -0.2) is 27.3 Å². The first kappa shape index (κ1) is 17.9. The molecule has 5 nitrogen and oxygen atoms in total. The monoisotopic (exact) mass is 341 g/mol. The molecule has 0 aliphatic rings. The highest BCUT2D eigenvalue weighted by Crippen LogP contribution is 2.36. The van der Waals surface area contributed by atoms with E-state index in [1.54, 1.807) is 30.3 Å². The molecule has 0 fully saturated rings. The van der Waals surface area contributed by atoms with E-state index in [1.165, 1.54) is 12.1 Å². The smallest absolute Gasteiger partial charge is 0.449 e. The molecule has 0 spiro atoms. The number of hydrogen-bond donors (Lipinski definition) is 2. The number of nitrogens with zero attached hydrogens (tertiary/aromatic N) is 1. The number of halogens is 3. The van der Waals surface area contributed by atoms with Gasteiger partial charge in [-0.2, -0.15) is 13.2 Å². The largest absolute Gasteiger partial charge is 0.451 e. The van der Waals surface area contributed by atoms with E-state index in [-0.39, 0.29) is 5.69 Å². The number of pyridine rings is 1. The van der Waals surface area contributed by atoms with Crippen LogP contribution in [0, 0.1) is 0 Å². The van der Waals surface area contributed by atoms with Crippen molar-refractivity contribution >= 4 is 5.97 Å². The van der Waals surface area contributed by atoms with Crippen LogP contribution in [0.1, 0.15) is 30.0 Å². The number of carbonyl (C=O) groups excluding carboxylic acids is 1. The van der Waals surface area contributed by atoms with Gasteiger partial charge in [0.25, 0.3) is 0 Å². The summed E-state index contributed by atoms with van der Waals surface area (Å²) in [5.74, 6) is -4.77. The van der Waals surface area contributed by atoms with Crippen LogP contribution in [0.2, 0.25) is 0 Å². The van der Waals surface area contributed by atoms with Crippen LogP contribution in [-0.2, 0) is 15.3 Å². The molecule has 1 unspecified atom stereocenters. The number of ether oxygens (including phenoxy) is 1. The van der Waals surface area contributed by atoms with Crippen molar-refractivity contribution in [1.82, 2.24) is 4.98 Å². The Bertz CT molecular complexity index is 717. The first-order valence-electron chi connectivity index (χ1n) is 6.84. The lowest BCUT2D eigenvalue weighted by molar-refractivity contribution is -0.360. The topological polar surface area (TPSA) is 79.7 Å². The molecule has 1 atom stereocenters. The molecule has 2 aromatic rings. The zero-order valence-corrected chi connectivity index (χ0v) is 12.5. The molecule has 1 heterocycles. The fraction of sp³-hybridized carbons (Fsp3) is 0.250. The van der Waals surface area contributed by atoms with Gasteiger partial charge in [0.05, 0.1) is 5.69 Å². The van der Waals surface area contributed by atoms with Crippen LogP contribution < -0.4 is 0 Å². The van der Waals surface area contributed by atoms with Crippen LogP contribution in [0.3, 0.4) is 0 Å². The highest BCUT2D eigenvalue weighted by atomic mass is 19.4. The highest BCUT2D eigenvalue weighted by Gasteiger charge is 2.55. The third kappa shape index (κ3) is 3.72. The first-order valence-corrected chi connectivity index (χ1v) is 6.84. The van der Waals surface area contributed by atoms with Gasteiger partial charge in [0.1, 0.15) is 5.69 Å². The molecule has 8 heteroatoms. The second kappa shape index (κ2) is 6.58. The SMILES string of the molecule is CC(=O)OC(c1ccccc1)c1cccc(C(O)(O)C(F)(F)F)n1. The minimum absolute atomic E-state index is 0.0642. The van der Waals surface area contributed by atoms with Gasteiger partial charge < -0.3 is 14.9 Å². The minimum atomic E-state index is -5.33. The molecule has 2 N–H and O–H groups in total. The molecule has 0 radical (unpaired) electrons. The number of rotatable bonds is 4. The summed E-state index contributed by atoms with van der Waals surface area (Å²) in [5, 5.41) is 18.7. The summed E-state index contributed by atoms with van der Waals surface area (Å²) in [6.07, 6.45) is -6.41. The van der Waals surface area contributed by atoms with Crippen molar-refractivity contribution in [2.45, 2.75) is 25.0 Å². The third-order valence-corrected chi connectivity index (χ3v) is 3.18. The van der Waals surface area contributed by atoms with Crippen LogP contribution in [0.4, 0.5) is 13.2 Å². The average Bonchev–Trinajstić information content (AvgIpc) is 2.52. The molecule has 24 heavy (non-hydrogen) atoms. The molecule has 0 aliphatic heterocycles. The van der Waals surface area contributed by atoms with Crippen LogP contribution in [0.5, 0.6) is 0 Å². The molecular weight excluding hydrogens is 327 g/mol. The number of esters is 1. The maximum atomic E-state index is 12.8. The van der Waals surface area contributed by atoms with E-state index in [2.05, 4.69) is 4.98 Å². The van der Waals surface area contributed by atoms with E-state index < -0.39 is 29.7 Å². The fourth-order valence-electron chi connectivity index (χ4n) is 2.03. The van der Waals surface area contributed by atoms with Gasteiger partial charge in [-0.1, -0.05) is 36.4 Å². The van der Waals surface area contributed by atoms with Crippen molar-refractivity contribution in [3.8, 4) is 0 Å². The molecule has 128 valence electrons. The van der Waals surface area contributed by atoms with Crippen molar-refractivity contribution in [2.75, 3.05) is 0 Å². The summed E-state index contributed by atoms with van der Waals surface area (Å²) in [7, 11) is 0. The molecule has 0 saturated carbocycles. The van der Waals surface area contributed by atoms with Gasteiger partial charge in [-0.15, -0.1) is 0 Å². The van der Waals surface area contributed by atoms with Gasteiger partial charge in [-0.05, 0) is 17.7 Å². The van der Waals surface area contributed by atoms with E-state index in [1.807, 2.05) is 0 Å². The normalized spacial score (nSPS) is 13.4. The van der Waals surface area contributed by atoms with Crippen molar-refractivity contribution in [3.63, 3.8) is 0 Å². The van der Waals surface area contributed by atoms with Crippen LogP contribution in [0.25, 0.3) is 0 Å². The van der Waals surface area contributed by atoms with Crippen molar-refractivity contribution in [3.05, 3.63) is 65.5 Å². The number of aliphatic hydroxyl groups is 2. The minimum Gasteiger partial charge on any atom is -0.451 e. The van der Waals surface area contributed by atoms with Gasteiger partial charge in [0.15, 0.2) is 6.10 Å². The van der Waals surface area contributed by atoms with Gasteiger partial charge in [0.2, 0.25) is 0 Å². The lowest BCUT2D eigenvalue weighted by Gasteiger charge is -2.25. The van der Waals surface area contributed by atoms with E-state index >= 15 is 0 Å². The summed E-state index contributed by atoms with van der Waals surface area (Å²) in [5.41, 5.74) is -0.600. The Labute approximate surface area is 135 Å². The Morgan fingerprint density at radius 3 is 2.25 bits per heavy atom. The highest BCUT2D eigenvalue weighted by molar-refractivity contribution is 5.66. The Morgan fingerprint density at radius 1 is 1.08 bits per heavy atom. The number of benzene rings is 1. The molecule has 2 rings (SSSR count). The maximum Gasteiger partial charge on any atom is 0.449 e. The van der Waals surface area contributed by atoms with Crippen molar-refractivity contribution < 1.29 is 32.9 Å². The number of aromatic nitrogens is 1. The lowest BCUT2D eigenvalue weighted by atomic mass is 10.0. The predicted octanol–water partition coefficient (Wildman–Crippen LogP) is 2.43. The van der Waals surface area contributed by atoms with Crippen LogP contribution >= 0.6 is 0 Å². The summed E-state index contributed by atoms with van der Waals surface area (Å²) >= 11 is 0. The van der Waals surface area contributed by atoms with Crippen LogP contribution in [0.15, 0.2) is 48.5 Å². The van der Waals surface area contributed by atoms with Gasteiger partial charge in [0, 0.05) is 6.92 Å². The first-order chi connectivity index (χ1) is 11.1. The number of hydrogen-bond acceptors (Lipinski definition) is 5. The van der Waals surface area contributed by atoms with E-state index in [0.29, 0.717) is 5.56 Å². The molecule has 0 saturated heterocycles. The van der Waals surface area contributed by atoms with E-state index in [4.69, 9.17) is 4.74 Å². The van der Waals surface area contributed by atoms with Gasteiger partial charge in [-0.25, -0.2) is 4.98 Å². The van der Waals surface area contributed by atoms with Crippen molar-refractivity contribution in [2.24, 2.45) is 0 Å². The molecule has 0 bridgehead atoms. The summed E-state index contributed by atoms with van der Waals surface area (Å²) < 4.78 is 43.4. The Morgan fingerprint density at radius 2 is 1.71 bits per heavy atom. The maximum absolute atomic E-state index is 12.8. The number of alkyl halides is 3. The Balaban J connectivity index is 2.49. The second-order valence-electron chi connectivity index (χ2n) is 5.02. The average molecular weight is 341 g/mol.